The molecule has 1 saturated heterocycles. The molecule has 3 nitrogen and oxygen atoms in total. The molecule has 2 aliphatic rings. The molecule has 1 aliphatic carbocycles. The summed E-state index contributed by atoms with van der Waals surface area (Å²) in [7, 11) is 4.25. The lowest BCUT2D eigenvalue weighted by Gasteiger charge is -2.36. The van der Waals surface area contributed by atoms with Gasteiger partial charge < -0.3 is 16.0 Å². The zero-order valence-electron chi connectivity index (χ0n) is 10.1. The van der Waals surface area contributed by atoms with E-state index in [1.54, 1.807) is 0 Å². The fourth-order valence-corrected chi connectivity index (χ4v) is 3.03. The van der Waals surface area contributed by atoms with Crippen molar-refractivity contribution in [2.24, 2.45) is 17.1 Å². The second-order valence-electron chi connectivity index (χ2n) is 5.56. The molecular weight excluding hydrogens is 186 g/mol. The molecule has 0 aromatic carbocycles. The van der Waals surface area contributed by atoms with Gasteiger partial charge in [0, 0.05) is 12.6 Å². The summed E-state index contributed by atoms with van der Waals surface area (Å²) < 4.78 is 0. The van der Waals surface area contributed by atoms with Crippen molar-refractivity contribution in [3.8, 4) is 0 Å². The van der Waals surface area contributed by atoms with Gasteiger partial charge in [0.1, 0.15) is 0 Å². The van der Waals surface area contributed by atoms with Crippen LogP contribution in [-0.4, -0.2) is 44.7 Å². The number of hydrogen-bond donors (Lipinski definition) is 2. The highest BCUT2D eigenvalue weighted by molar-refractivity contribution is 5.04. The molecule has 1 saturated carbocycles. The maximum atomic E-state index is 6.46. The van der Waals surface area contributed by atoms with Crippen molar-refractivity contribution in [2.75, 3.05) is 33.7 Å². The zero-order chi connectivity index (χ0) is 10.9. The van der Waals surface area contributed by atoms with Gasteiger partial charge in [-0.3, -0.25) is 0 Å². The molecule has 2 fully saturated rings. The van der Waals surface area contributed by atoms with Crippen molar-refractivity contribution in [2.45, 2.75) is 31.7 Å². The van der Waals surface area contributed by atoms with Crippen LogP contribution in [0.25, 0.3) is 0 Å². The van der Waals surface area contributed by atoms with E-state index in [4.69, 9.17) is 5.73 Å². The summed E-state index contributed by atoms with van der Waals surface area (Å²) in [4.78, 5) is 2.42. The van der Waals surface area contributed by atoms with Gasteiger partial charge in [-0.1, -0.05) is 0 Å². The molecule has 3 N–H and O–H groups in total. The minimum atomic E-state index is 0.429. The van der Waals surface area contributed by atoms with E-state index in [-0.39, 0.29) is 0 Å². The first-order chi connectivity index (χ1) is 7.18. The fourth-order valence-electron chi connectivity index (χ4n) is 3.03. The van der Waals surface area contributed by atoms with Crippen molar-refractivity contribution in [1.82, 2.24) is 10.2 Å². The summed E-state index contributed by atoms with van der Waals surface area (Å²) in [5.74, 6) is 0.761. The average molecular weight is 211 g/mol. The van der Waals surface area contributed by atoms with E-state index in [0.717, 1.165) is 12.5 Å². The van der Waals surface area contributed by atoms with Gasteiger partial charge in [0.25, 0.3) is 0 Å². The molecule has 15 heavy (non-hydrogen) atoms. The Hall–Kier alpha value is -0.120. The van der Waals surface area contributed by atoms with Crippen LogP contribution in [0.4, 0.5) is 0 Å². The third kappa shape index (κ3) is 2.35. The Morgan fingerprint density at radius 2 is 2.00 bits per heavy atom. The molecule has 88 valence electrons. The van der Waals surface area contributed by atoms with Crippen molar-refractivity contribution in [1.29, 1.82) is 0 Å². The highest BCUT2D eigenvalue weighted by Crippen LogP contribution is 2.50. The number of rotatable bonds is 4. The Bertz CT molecular complexity index is 205. The van der Waals surface area contributed by atoms with Crippen LogP contribution in [0.2, 0.25) is 0 Å². The maximum Gasteiger partial charge on any atom is 0.0137 e. The van der Waals surface area contributed by atoms with Crippen molar-refractivity contribution in [3.63, 3.8) is 0 Å². The summed E-state index contributed by atoms with van der Waals surface area (Å²) in [6.07, 6.45) is 5.26. The lowest BCUT2D eigenvalue weighted by molar-refractivity contribution is 0.166. The number of hydrogen-bond acceptors (Lipinski definition) is 3. The monoisotopic (exact) mass is 211 g/mol. The molecule has 2 rings (SSSR count). The van der Waals surface area contributed by atoms with Crippen molar-refractivity contribution < 1.29 is 0 Å². The Morgan fingerprint density at radius 3 is 2.47 bits per heavy atom. The third-order valence-corrected chi connectivity index (χ3v) is 4.40. The zero-order valence-corrected chi connectivity index (χ0v) is 10.1. The predicted octanol–water partition coefficient (Wildman–Crippen LogP) is 0.655. The molecule has 1 aliphatic heterocycles. The first kappa shape index (κ1) is 11.4. The summed E-state index contributed by atoms with van der Waals surface area (Å²) in [5, 5.41) is 3.31. The second kappa shape index (κ2) is 4.40. The molecule has 1 unspecified atom stereocenters. The van der Waals surface area contributed by atoms with Gasteiger partial charge in [-0.25, -0.2) is 0 Å². The molecular formula is C12H25N3. The van der Waals surface area contributed by atoms with Crippen LogP contribution in [0.3, 0.4) is 0 Å². The average Bonchev–Trinajstić information content (AvgIpc) is 3.00. The Kier molecular flexibility index (Phi) is 3.33. The normalized spacial score (nSPS) is 29.0. The molecule has 3 heteroatoms. The minimum Gasteiger partial charge on any atom is -0.327 e. The summed E-state index contributed by atoms with van der Waals surface area (Å²) in [6.45, 7) is 3.57. The van der Waals surface area contributed by atoms with Gasteiger partial charge in [-0.05, 0) is 64.2 Å². The van der Waals surface area contributed by atoms with E-state index in [1.165, 1.54) is 38.8 Å². The van der Waals surface area contributed by atoms with E-state index >= 15 is 0 Å². The summed E-state index contributed by atoms with van der Waals surface area (Å²) in [6, 6.07) is 0.429. The molecule has 1 atom stereocenters. The van der Waals surface area contributed by atoms with Gasteiger partial charge in [-0.15, -0.1) is 0 Å². The third-order valence-electron chi connectivity index (χ3n) is 4.40. The number of nitrogens with zero attached hydrogens (tertiary/aromatic N) is 1. The van der Waals surface area contributed by atoms with Crippen LogP contribution in [-0.2, 0) is 0 Å². The maximum absolute atomic E-state index is 6.46. The van der Waals surface area contributed by atoms with E-state index in [0.29, 0.717) is 11.5 Å². The van der Waals surface area contributed by atoms with E-state index in [1.807, 2.05) is 7.05 Å². The van der Waals surface area contributed by atoms with Gasteiger partial charge in [0.15, 0.2) is 0 Å². The molecule has 0 spiro atoms. The smallest absolute Gasteiger partial charge is 0.0137 e. The lowest BCUT2D eigenvalue weighted by atomic mass is 9.80. The second-order valence-corrected chi connectivity index (χ2v) is 5.56. The quantitative estimate of drug-likeness (QED) is 0.717. The number of likely N-dealkylation sites (tertiary alicyclic amines) is 1. The minimum absolute atomic E-state index is 0.429. The van der Waals surface area contributed by atoms with E-state index < -0.39 is 0 Å². The summed E-state index contributed by atoms with van der Waals surface area (Å²) in [5.41, 5.74) is 6.92. The number of nitrogens with two attached hydrogens (primary N) is 1. The Labute approximate surface area is 93.4 Å². The molecule has 0 bridgehead atoms. The van der Waals surface area contributed by atoms with Crippen LogP contribution in [0.15, 0.2) is 0 Å². The predicted molar refractivity (Wildman–Crippen MR) is 63.8 cm³/mol. The van der Waals surface area contributed by atoms with Crippen molar-refractivity contribution >= 4 is 0 Å². The molecule has 0 aromatic heterocycles. The largest absolute Gasteiger partial charge is 0.327 e. The van der Waals surface area contributed by atoms with E-state index in [2.05, 4.69) is 17.3 Å². The first-order valence-corrected chi connectivity index (χ1v) is 6.27. The van der Waals surface area contributed by atoms with Crippen LogP contribution in [0, 0.1) is 11.3 Å². The van der Waals surface area contributed by atoms with E-state index in [9.17, 15) is 0 Å². The highest BCUT2D eigenvalue weighted by atomic mass is 15.1. The number of nitrogens with one attached hydrogen (secondary N) is 1. The van der Waals surface area contributed by atoms with Crippen LogP contribution in [0.5, 0.6) is 0 Å². The Morgan fingerprint density at radius 1 is 1.40 bits per heavy atom. The lowest BCUT2D eigenvalue weighted by Crippen LogP contribution is -2.47. The molecule has 0 amide bonds. The van der Waals surface area contributed by atoms with Crippen LogP contribution in [0.1, 0.15) is 25.7 Å². The molecule has 1 heterocycles. The summed E-state index contributed by atoms with van der Waals surface area (Å²) >= 11 is 0. The topological polar surface area (TPSA) is 41.3 Å². The number of piperidine rings is 1. The van der Waals surface area contributed by atoms with Crippen LogP contribution < -0.4 is 11.1 Å². The molecule has 0 aromatic rings. The van der Waals surface area contributed by atoms with Crippen LogP contribution >= 0.6 is 0 Å². The SMILES string of the molecule is CNCC1(C(N)C2CCN(C)CC2)CC1. The van der Waals surface area contributed by atoms with Gasteiger partial charge in [-0.2, -0.15) is 0 Å². The Balaban J connectivity index is 1.87. The van der Waals surface area contributed by atoms with Crippen molar-refractivity contribution in [3.05, 3.63) is 0 Å². The highest BCUT2D eigenvalue weighted by Gasteiger charge is 2.49. The fraction of sp³-hybridized carbons (Fsp3) is 1.00. The van der Waals surface area contributed by atoms with Gasteiger partial charge in [0.2, 0.25) is 0 Å². The first-order valence-electron chi connectivity index (χ1n) is 6.27. The van der Waals surface area contributed by atoms with Gasteiger partial charge in [0.05, 0.1) is 0 Å². The molecule has 0 radical (unpaired) electrons. The van der Waals surface area contributed by atoms with Gasteiger partial charge >= 0.3 is 0 Å². The standard InChI is InChI=1S/C12H25N3/c1-14-9-12(5-6-12)11(13)10-3-7-15(2)8-4-10/h10-11,14H,3-9,13H2,1-2H3.